The third-order valence-electron chi connectivity index (χ3n) is 3.81. The number of hydrogen-bond acceptors (Lipinski definition) is 3. The van der Waals surface area contributed by atoms with Crippen LogP contribution < -0.4 is 10.6 Å². The predicted molar refractivity (Wildman–Crippen MR) is 81.2 cm³/mol. The number of aromatic nitrogens is 1. The standard InChI is InChI=1S/C16H26FN3/c1-11-5-6-13(9-11)20-15-14(17)12(7-8-18-15)10-19-16(2,3)4/h7-8,11,13,19H,5-6,9-10H2,1-4H3,(H,18,20). The van der Waals surface area contributed by atoms with E-state index in [1.165, 1.54) is 6.42 Å². The van der Waals surface area contributed by atoms with Crippen LogP contribution >= 0.6 is 0 Å². The summed E-state index contributed by atoms with van der Waals surface area (Å²) in [6.07, 6.45) is 5.10. The highest BCUT2D eigenvalue weighted by Crippen LogP contribution is 2.28. The van der Waals surface area contributed by atoms with Gasteiger partial charge < -0.3 is 10.6 Å². The van der Waals surface area contributed by atoms with Crippen LogP contribution in [-0.4, -0.2) is 16.6 Å². The van der Waals surface area contributed by atoms with Gasteiger partial charge in [0.05, 0.1) is 0 Å². The van der Waals surface area contributed by atoms with Crippen LogP contribution in [0.15, 0.2) is 12.3 Å². The Morgan fingerprint density at radius 2 is 2.10 bits per heavy atom. The molecule has 2 atom stereocenters. The Morgan fingerprint density at radius 3 is 2.70 bits per heavy atom. The zero-order valence-electron chi connectivity index (χ0n) is 13.0. The van der Waals surface area contributed by atoms with Crippen molar-refractivity contribution in [2.75, 3.05) is 5.32 Å². The number of rotatable bonds is 4. The van der Waals surface area contributed by atoms with Crippen LogP contribution in [0.5, 0.6) is 0 Å². The Kier molecular flexibility index (Phi) is 4.63. The van der Waals surface area contributed by atoms with E-state index in [2.05, 4.69) is 43.3 Å². The molecule has 112 valence electrons. The molecular formula is C16H26FN3. The normalized spacial score (nSPS) is 23.1. The van der Waals surface area contributed by atoms with Gasteiger partial charge in [-0.2, -0.15) is 0 Å². The Morgan fingerprint density at radius 1 is 1.35 bits per heavy atom. The Bertz CT molecular complexity index is 454. The summed E-state index contributed by atoms with van der Waals surface area (Å²) >= 11 is 0. The maximum atomic E-state index is 14.4. The fourth-order valence-electron chi connectivity index (χ4n) is 2.61. The van der Waals surface area contributed by atoms with Crippen LogP contribution in [0.1, 0.15) is 52.5 Å². The summed E-state index contributed by atoms with van der Waals surface area (Å²) in [5.74, 6) is 0.905. The number of nitrogens with one attached hydrogen (secondary N) is 2. The van der Waals surface area contributed by atoms with Gasteiger partial charge in [-0.25, -0.2) is 9.37 Å². The first-order valence-electron chi connectivity index (χ1n) is 7.50. The van der Waals surface area contributed by atoms with E-state index in [0.29, 0.717) is 24.0 Å². The first-order chi connectivity index (χ1) is 9.35. The lowest BCUT2D eigenvalue weighted by atomic mass is 10.1. The minimum Gasteiger partial charge on any atom is -0.365 e. The summed E-state index contributed by atoms with van der Waals surface area (Å²) in [4.78, 5) is 4.16. The molecule has 0 aromatic carbocycles. The highest BCUT2D eigenvalue weighted by atomic mass is 19.1. The molecule has 0 spiro atoms. The average molecular weight is 279 g/mol. The van der Waals surface area contributed by atoms with Crippen LogP contribution in [0.4, 0.5) is 10.2 Å². The SMILES string of the molecule is CC1CCC(Nc2nccc(CNC(C)(C)C)c2F)C1. The van der Waals surface area contributed by atoms with Crippen LogP contribution in [0.2, 0.25) is 0 Å². The van der Waals surface area contributed by atoms with Crippen molar-refractivity contribution in [1.29, 1.82) is 0 Å². The fraction of sp³-hybridized carbons (Fsp3) is 0.688. The van der Waals surface area contributed by atoms with Gasteiger partial charge in [-0.05, 0) is 52.0 Å². The molecule has 2 rings (SSSR count). The summed E-state index contributed by atoms with van der Waals surface area (Å²) in [6, 6.07) is 2.11. The second kappa shape index (κ2) is 6.08. The van der Waals surface area contributed by atoms with E-state index >= 15 is 0 Å². The molecular weight excluding hydrogens is 253 g/mol. The molecule has 2 N–H and O–H groups in total. The van der Waals surface area contributed by atoms with E-state index < -0.39 is 0 Å². The van der Waals surface area contributed by atoms with Crippen molar-refractivity contribution in [3.63, 3.8) is 0 Å². The van der Waals surface area contributed by atoms with E-state index in [9.17, 15) is 4.39 Å². The molecule has 1 fully saturated rings. The Balaban J connectivity index is 2.03. The van der Waals surface area contributed by atoms with Gasteiger partial charge in [-0.15, -0.1) is 0 Å². The molecule has 1 heterocycles. The molecule has 1 saturated carbocycles. The molecule has 1 aliphatic carbocycles. The molecule has 0 radical (unpaired) electrons. The lowest BCUT2D eigenvalue weighted by Crippen LogP contribution is -2.35. The first kappa shape index (κ1) is 15.2. The molecule has 20 heavy (non-hydrogen) atoms. The zero-order chi connectivity index (χ0) is 14.8. The number of halogens is 1. The molecule has 1 aromatic heterocycles. The highest BCUT2D eigenvalue weighted by molar-refractivity contribution is 5.41. The Hall–Kier alpha value is -1.16. The topological polar surface area (TPSA) is 37.0 Å². The summed E-state index contributed by atoms with van der Waals surface area (Å²) in [5.41, 5.74) is 0.646. The minimum absolute atomic E-state index is 0.0236. The zero-order valence-corrected chi connectivity index (χ0v) is 13.0. The number of pyridine rings is 1. The molecule has 0 amide bonds. The summed E-state index contributed by atoms with van der Waals surface area (Å²) in [7, 11) is 0. The monoisotopic (exact) mass is 279 g/mol. The smallest absolute Gasteiger partial charge is 0.169 e. The van der Waals surface area contributed by atoms with Gasteiger partial charge >= 0.3 is 0 Å². The van der Waals surface area contributed by atoms with Gasteiger partial charge in [0.25, 0.3) is 0 Å². The van der Waals surface area contributed by atoms with Crippen molar-refractivity contribution < 1.29 is 4.39 Å². The van der Waals surface area contributed by atoms with Crippen LogP contribution in [-0.2, 0) is 6.54 Å². The molecule has 4 heteroatoms. The maximum absolute atomic E-state index is 14.4. The van der Waals surface area contributed by atoms with Crippen LogP contribution in [0.3, 0.4) is 0 Å². The van der Waals surface area contributed by atoms with Gasteiger partial charge in [-0.3, -0.25) is 0 Å². The second-order valence-electron chi connectivity index (χ2n) is 7.00. The van der Waals surface area contributed by atoms with E-state index in [-0.39, 0.29) is 11.4 Å². The van der Waals surface area contributed by atoms with Gasteiger partial charge in [0.15, 0.2) is 11.6 Å². The quantitative estimate of drug-likeness (QED) is 0.882. The summed E-state index contributed by atoms with van der Waals surface area (Å²) < 4.78 is 14.4. The molecule has 0 saturated heterocycles. The van der Waals surface area contributed by atoms with Gasteiger partial charge in [0, 0.05) is 29.9 Å². The van der Waals surface area contributed by atoms with E-state index in [4.69, 9.17) is 0 Å². The molecule has 1 aromatic rings. The number of hydrogen-bond donors (Lipinski definition) is 2. The molecule has 2 unspecified atom stereocenters. The number of nitrogens with zero attached hydrogens (tertiary/aromatic N) is 1. The van der Waals surface area contributed by atoms with E-state index in [1.54, 1.807) is 12.3 Å². The van der Waals surface area contributed by atoms with Crippen molar-refractivity contribution in [2.24, 2.45) is 5.92 Å². The number of anilines is 1. The van der Waals surface area contributed by atoms with Crippen LogP contribution in [0, 0.1) is 11.7 Å². The van der Waals surface area contributed by atoms with E-state index in [1.807, 2.05) is 0 Å². The fourth-order valence-corrected chi connectivity index (χ4v) is 2.61. The molecule has 1 aliphatic rings. The molecule has 3 nitrogen and oxygen atoms in total. The lowest BCUT2D eigenvalue weighted by molar-refractivity contribution is 0.418. The maximum Gasteiger partial charge on any atom is 0.169 e. The summed E-state index contributed by atoms with van der Waals surface area (Å²) in [6.45, 7) is 8.99. The highest BCUT2D eigenvalue weighted by Gasteiger charge is 2.23. The van der Waals surface area contributed by atoms with Gasteiger partial charge in [0.1, 0.15) is 0 Å². The van der Waals surface area contributed by atoms with Gasteiger partial charge in [0.2, 0.25) is 0 Å². The average Bonchev–Trinajstić information content (AvgIpc) is 2.75. The predicted octanol–water partition coefficient (Wildman–Crippen LogP) is 3.71. The first-order valence-corrected chi connectivity index (χ1v) is 7.50. The molecule has 0 bridgehead atoms. The third kappa shape index (κ3) is 4.17. The van der Waals surface area contributed by atoms with Crippen molar-refractivity contribution in [3.05, 3.63) is 23.6 Å². The van der Waals surface area contributed by atoms with Gasteiger partial charge in [-0.1, -0.05) is 6.92 Å². The van der Waals surface area contributed by atoms with Crippen molar-refractivity contribution >= 4 is 5.82 Å². The van der Waals surface area contributed by atoms with Crippen molar-refractivity contribution in [1.82, 2.24) is 10.3 Å². The largest absolute Gasteiger partial charge is 0.365 e. The third-order valence-corrected chi connectivity index (χ3v) is 3.81. The second-order valence-corrected chi connectivity index (χ2v) is 7.00. The van der Waals surface area contributed by atoms with E-state index in [0.717, 1.165) is 18.8 Å². The van der Waals surface area contributed by atoms with Crippen LogP contribution in [0.25, 0.3) is 0 Å². The molecule has 0 aliphatic heterocycles. The Labute approximate surface area is 121 Å². The minimum atomic E-state index is -0.219. The summed E-state index contributed by atoms with van der Waals surface area (Å²) in [5, 5.41) is 6.57. The van der Waals surface area contributed by atoms with Crippen molar-refractivity contribution in [3.8, 4) is 0 Å². The van der Waals surface area contributed by atoms with Crippen molar-refractivity contribution in [2.45, 2.75) is 65.1 Å². The lowest BCUT2D eigenvalue weighted by Gasteiger charge is -2.21.